The summed E-state index contributed by atoms with van der Waals surface area (Å²) in [5, 5.41) is 16.9. The van der Waals surface area contributed by atoms with Crippen molar-refractivity contribution in [1.29, 1.82) is 0 Å². The van der Waals surface area contributed by atoms with Crippen molar-refractivity contribution in [3.63, 3.8) is 0 Å². The zero-order chi connectivity index (χ0) is 80.6. The van der Waals surface area contributed by atoms with Crippen LogP contribution < -0.4 is 31.9 Å². The SMILES string of the molecule is CCCCCCCCCCCCCCCC(=O)NCCOCCNC(=O)CCOCCNC(=O)CCOCCOCCOCCOCCN(CCOCCOCCOCCOCCC(=O)NCCOCCC(=O)NCCOCCNC(=O)CCCCCCCCCCCCCCC)C(=O)CCN1C(=O)CC(C(C)C)C1=O. The molecule has 1 atom stereocenters. The Balaban J connectivity index is 2.02. The normalized spacial score (nSPS) is 12.8. The van der Waals surface area contributed by atoms with Crippen LogP contribution >= 0.6 is 0 Å². The van der Waals surface area contributed by atoms with Crippen molar-refractivity contribution in [1.82, 2.24) is 41.7 Å². The first-order chi connectivity index (χ1) is 54.3. The first-order valence-corrected chi connectivity index (χ1v) is 42.9. The summed E-state index contributed by atoms with van der Waals surface area (Å²) in [5.74, 6) is -1.67. The van der Waals surface area contributed by atoms with Gasteiger partial charge in [-0.25, -0.2) is 0 Å². The lowest BCUT2D eigenvalue weighted by Gasteiger charge is -2.24. The minimum Gasteiger partial charge on any atom is -0.379 e. The molecule has 1 fully saturated rings. The molecular weight excluding hydrogens is 1430 g/mol. The molecule has 6 N–H and O–H groups in total. The number of amides is 9. The van der Waals surface area contributed by atoms with E-state index >= 15 is 0 Å². The second-order valence-electron chi connectivity index (χ2n) is 28.5. The molecule has 0 aliphatic carbocycles. The number of hydrogen-bond donors (Lipinski definition) is 6. The Labute approximate surface area is 667 Å². The minimum absolute atomic E-state index is 0.0100. The van der Waals surface area contributed by atoms with E-state index in [1.807, 2.05) is 13.8 Å². The van der Waals surface area contributed by atoms with Crippen LogP contribution in [0.25, 0.3) is 0 Å². The fourth-order valence-corrected chi connectivity index (χ4v) is 11.8. The lowest BCUT2D eigenvalue weighted by atomic mass is 9.94. The summed E-state index contributed by atoms with van der Waals surface area (Å²) in [6.07, 6.45) is 35.1. The molecule has 0 aromatic rings. The van der Waals surface area contributed by atoms with E-state index < -0.39 is 0 Å². The maximum Gasteiger partial charge on any atom is 0.233 e. The molecule has 648 valence electrons. The molecule has 1 heterocycles. The number of rotatable bonds is 86. The third kappa shape index (κ3) is 70.1. The van der Waals surface area contributed by atoms with Crippen LogP contribution in [0.1, 0.15) is 246 Å². The summed E-state index contributed by atoms with van der Waals surface area (Å²) in [4.78, 5) is 115. The third-order valence-electron chi connectivity index (χ3n) is 18.5. The second-order valence-corrected chi connectivity index (χ2v) is 28.5. The van der Waals surface area contributed by atoms with Gasteiger partial charge in [-0.2, -0.15) is 0 Å². The topological polar surface area (TPSA) is 343 Å². The fourth-order valence-electron chi connectivity index (χ4n) is 11.8. The highest BCUT2D eigenvalue weighted by Gasteiger charge is 2.40. The number of unbranched alkanes of at least 4 members (excludes halogenated alkanes) is 24. The first-order valence-electron chi connectivity index (χ1n) is 42.9. The van der Waals surface area contributed by atoms with E-state index in [0.29, 0.717) is 145 Å². The lowest BCUT2D eigenvalue weighted by molar-refractivity contribution is -0.141. The zero-order valence-electron chi connectivity index (χ0n) is 69.5. The van der Waals surface area contributed by atoms with Crippen LogP contribution in [0.2, 0.25) is 0 Å². The van der Waals surface area contributed by atoms with Crippen molar-refractivity contribution in [3.8, 4) is 0 Å². The van der Waals surface area contributed by atoms with Gasteiger partial charge >= 0.3 is 0 Å². The van der Waals surface area contributed by atoms with Crippen molar-refractivity contribution < 1.29 is 100.0 Å². The number of imide groups is 1. The highest BCUT2D eigenvalue weighted by Crippen LogP contribution is 2.26. The molecule has 1 saturated heterocycles. The van der Waals surface area contributed by atoms with E-state index in [4.69, 9.17) is 56.8 Å². The van der Waals surface area contributed by atoms with Gasteiger partial charge in [0.25, 0.3) is 0 Å². The standard InChI is InChI=1S/C82H154N8O21/c1-5-7-9-11-13-15-17-19-21-23-25-27-29-31-74(91)83-40-53-104-55-42-87-76(93)34-47-100-51-38-85-78(95)36-49-102-59-63-108-67-69-110-65-61-106-57-45-89(80(97)33-44-90-81(98)71-73(72(3)4)82(90)99)46-58-107-62-66-111-70-68-109-64-60-103-50-37-79(96)86-39-52-101-48-35-77(94)88-43-56-105-54-41-84-75(92)32-30-28-26-24-22-20-18-16-14-12-10-8-6-2/h72-73H,5-71H2,1-4H3,(H,83,91)(H,84,92)(H,85,95)(H,86,96)(H,87,93)(H,88,94). The molecule has 0 spiro atoms. The molecule has 0 saturated carbocycles. The lowest BCUT2D eigenvalue weighted by Crippen LogP contribution is -2.40. The van der Waals surface area contributed by atoms with Crippen LogP contribution in [0.5, 0.6) is 0 Å². The molecule has 1 aliphatic rings. The average molecular weight is 1590 g/mol. The van der Waals surface area contributed by atoms with Crippen LogP contribution in [-0.2, 0) is 100.0 Å². The van der Waals surface area contributed by atoms with E-state index in [0.717, 1.165) is 25.7 Å². The molecule has 111 heavy (non-hydrogen) atoms. The van der Waals surface area contributed by atoms with Gasteiger partial charge in [0.2, 0.25) is 53.2 Å². The number of carbonyl (C=O) groups excluding carboxylic acids is 9. The van der Waals surface area contributed by atoms with Crippen molar-refractivity contribution in [2.75, 3.05) is 217 Å². The monoisotopic (exact) mass is 1590 g/mol. The number of nitrogens with zero attached hydrogens (tertiary/aromatic N) is 2. The number of ether oxygens (including phenoxy) is 12. The average Bonchev–Trinajstić information content (AvgIpc) is 1.68. The van der Waals surface area contributed by atoms with Crippen molar-refractivity contribution >= 4 is 53.2 Å². The molecule has 29 nitrogen and oxygen atoms in total. The first kappa shape index (κ1) is 104. The Bertz CT molecular complexity index is 2140. The van der Waals surface area contributed by atoms with Crippen LogP contribution in [-0.4, -0.2) is 280 Å². The second kappa shape index (κ2) is 80.1. The Morgan fingerprint density at radius 3 is 0.793 bits per heavy atom. The van der Waals surface area contributed by atoms with Crippen molar-refractivity contribution in [3.05, 3.63) is 0 Å². The van der Waals surface area contributed by atoms with E-state index in [2.05, 4.69) is 45.7 Å². The molecule has 0 aromatic heterocycles. The zero-order valence-corrected chi connectivity index (χ0v) is 69.5. The van der Waals surface area contributed by atoms with Gasteiger partial charge in [-0.3, -0.25) is 48.1 Å². The number of likely N-dealkylation sites (tertiary alicyclic amines) is 1. The predicted molar refractivity (Wildman–Crippen MR) is 428 cm³/mol. The molecule has 0 bridgehead atoms. The van der Waals surface area contributed by atoms with Crippen LogP contribution in [0.3, 0.4) is 0 Å². The van der Waals surface area contributed by atoms with Gasteiger partial charge < -0.3 is 93.6 Å². The summed E-state index contributed by atoms with van der Waals surface area (Å²) < 4.78 is 67.0. The molecule has 0 radical (unpaired) electrons. The third-order valence-corrected chi connectivity index (χ3v) is 18.5. The summed E-state index contributed by atoms with van der Waals surface area (Å²) in [6, 6.07) is 0. The van der Waals surface area contributed by atoms with E-state index in [-0.39, 0.29) is 189 Å². The van der Waals surface area contributed by atoms with E-state index in [1.165, 1.54) is 146 Å². The summed E-state index contributed by atoms with van der Waals surface area (Å²) in [7, 11) is 0. The van der Waals surface area contributed by atoms with Gasteiger partial charge in [0.15, 0.2) is 0 Å². The van der Waals surface area contributed by atoms with E-state index in [9.17, 15) is 43.2 Å². The van der Waals surface area contributed by atoms with Gasteiger partial charge in [0, 0.05) is 116 Å². The molecule has 29 heteroatoms. The minimum atomic E-state index is -0.379. The van der Waals surface area contributed by atoms with Crippen LogP contribution in [0, 0.1) is 11.8 Å². The largest absolute Gasteiger partial charge is 0.379 e. The highest BCUT2D eigenvalue weighted by molar-refractivity contribution is 6.04. The van der Waals surface area contributed by atoms with Gasteiger partial charge in [0.1, 0.15) is 0 Å². The van der Waals surface area contributed by atoms with Gasteiger partial charge in [-0.05, 0) is 18.8 Å². The molecule has 1 unspecified atom stereocenters. The fraction of sp³-hybridized carbons (Fsp3) is 0.890. The maximum absolute atomic E-state index is 13.4. The Morgan fingerprint density at radius 2 is 0.532 bits per heavy atom. The van der Waals surface area contributed by atoms with E-state index in [1.54, 1.807) is 4.90 Å². The number of nitrogens with one attached hydrogen (secondary N) is 6. The quantitative estimate of drug-likeness (QED) is 0.0245. The molecule has 0 aromatic carbocycles. The van der Waals surface area contributed by atoms with Crippen LogP contribution in [0.4, 0.5) is 0 Å². The van der Waals surface area contributed by atoms with Crippen LogP contribution in [0.15, 0.2) is 0 Å². The Kier molecular flexibility index (Phi) is 75.1. The molecular formula is C82H154N8O21. The molecule has 1 rings (SSSR count). The smallest absolute Gasteiger partial charge is 0.233 e. The number of carbonyl (C=O) groups is 9. The predicted octanol–water partition coefficient (Wildman–Crippen LogP) is 8.66. The van der Waals surface area contributed by atoms with Gasteiger partial charge in [0.05, 0.1) is 159 Å². The maximum atomic E-state index is 13.4. The van der Waals surface area contributed by atoms with Gasteiger partial charge in [-0.1, -0.05) is 182 Å². The molecule has 1 aliphatic heterocycles. The van der Waals surface area contributed by atoms with Gasteiger partial charge in [-0.15, -0.1) is 0 Å². The highest BCUT2D eigenvalue weighted by atomic mass is 16.6. The Hall–Kier alpha value is -5.05. The number of hydrogen-bond acceptors (Lipinski definition) is 21. The Morgan fingerprint density at radius 1 is 0.306 bits per heavy atom. The summed E-state index contributed by atoms with van der Waals surface area (Å²) in [6.45, 7) is 18.2. The molecule has 9 amide bonds. The summed E-state index contributed by atoms with van der Waals surface area (Å²) >= 11 is 0. The van der Waals surface area contributed by atoms with Crippen molar-refractivity contribution in [2.45, 2.75) is 246 Å². The summed E-state index contributed by atoms with van der Waals surface area (Å²) in [5.41, 5.74) is 0. The van der Waals surface area contributed by atoms with Crippen molar-refractivity contribution in [2.24, 2.45) is 11.8 Å².